The lowest BCUT2D eigenvalue weighted by Gasteiger charge is -2.25. The molecule has 2 N–H and O–H groups in total. The Labute approximate surface area is 108 Å². The highest BCUT2D eigenvalue weighted by Crippen LogP contribution is 2.29. The van der Waals surface area contributed by atoms with Gasteiger partial charge < -0.3 is 10.4 Å². The number of anilines is 1. The van der Waals surface area contributed by atoms with Crippen LogP contribution < -0.4 is 5.32 Å². The summed E-state index contributed by atoms with van der Waals surface area (Å²) in [7, 11) is 0. The van der Waals surface area contributed by atoms with Gasteiger partial charge in [-0.2, -0.15) is 0 Å². The van der Waals surface area contributed by atoms with Crippen LogP contribution in [-0.2, 0) is 11.4 Å². The fourth-order valence-corrected chi connectivity index (χ4v) is 2.54. The molecule has 3 heteroatoms. The number of aliphatic hydroxyl groups excluding tert-OH is 1. The highest BCUT2D eigenvalue weighted by atomic mass is 16.3. The third-order valence-corrected chi connectivity index (χ3v) is 3.83. The van der Waals surface area contributed by atoms with Crippen LogP contribution >= 0.6 is 0 Å². The largest absolute Gasteiger partial charge is 0.392 e. The summed E-state index contributed by atoms with van der Waals surface area (Å²) >= 11 is 0. The number of amides is 1. The predicted octanol–water partition coefficient (Wildman–Crippen LogP) is 2.94. The van der Waals surface area contributed by atoms with Crippen LogP contribution in [-0.4, -0.2) is 11.0 Å². The molecule has 1 fully saturated rings. The molecule has 1 saturated carbocycles. The molecule has 0 bridgehead atoms. The molecule has 0 spiro atoms. The van der Waals surface area contributed by atoms with Crippen LogP contribution in [0.4, 0.5) is 5.69 Å². The summed E-state index contributed by atoms with van der Waals surface area (Å²) in [6, 6.07) is 7.41. The van der Waals surface area contributed by atoms with Crippen molar-refractivity contribution in [2.45, 2.75) is 39.2 Å². The molecule has 0 aliphatic heterocycles. The van der Waals surface area contributed by atoms with E-state index in [4.69, 9.17) is 0 Å². The molecular formula is C15H21NO2. The smallest absolute Gasteiger partial charge is 0.227 e. The highest BCUT2D eigenvalue weighted by molar-refractivity contribution is 5.93. The fourth-order valence-electron chi connectivity index (χ4n) is 2.54. The van der Waals surface area contributed by atoms with Crippen molar-refractivity contribution in [2.75, 3.05) is 5.32 Å². The summed E-state index contributed by atoms with van der Waals surface area (Å²) in [5.74, 6) is 0.981. The highest BCUT2D eigenvalue weighted by Gasteiger charge is 2.24. The van der Waals surface area contributed by atoms with Gasteiger partial charge in [0.2, 0.25) is 5.91 Å². The Morgan fingerprint density at radius 2 is 1.94 bits per heavy atom. The Morgan fingerprint density at radius 3 is 2.61 bits per heavy atom. The van der Waals surface area contributed by atoms with E-state index in [0.29, 0.717) is 0 Å². The van der Waals surface area contributed by atoms with Gasteiger partial charge in [-0.3, -0.25) is 4.79 Å². The minimum Gasteiger partial charge on any atom is -0.392 e. The summed E-state index contributed by atoms with van der Waals surface area (Å²) in [5, 5.41) is 12.2. The maximum absolute atomic E-state index is 12.1. The van der Waals surface area contributed by atoms with E-state index < -0.39 is 0 Å². The van der Waals surface area contributed by atoms with E-state index in [1.165, 1.54) is 0 Å². The van der Waals surface area contributed by atoms with Gasteiger partial charge in [-0.05, 0) is 37.7 Å². The summed E-state index contributed by atoms with van der Waals surface area (Å²) in [6.07, 6.45) is 4.24. The van der Waals surface area contributed by atoms with E-state index in [9.17, 15) is 9.90 Å². The van der Waals surface area contributed by atoms with E-state index >= 15 is 0 Å². The van der Waals surface area contributed by atoms with Crippen LogP contribution in [0.1, 0.15) is 38.2 Å². The van der Waals surface area contributed by atoms with E-state index in [-0.39, 0.29) is 18.4 Å². The van der Waals surface area contributed by atoms with E-state index in [1.807, 2.05) is 24.3 Å². The Hall–Kier alpha value is -1.35. The number of nitrogens with one attached hydrogen (secondary N) is 1. The van der Waals surface area contributed by atoms with Crippen LogP contribution in [0.25, 0.3) is 0 Å². The van der Waals surface area contributed by atoms with Crippen LogP contribution in [0.3, 0.4) is 0 Å². The number of benzene rings is 1. The summed E-state index contributed by atoms with van der Waals surface area (Å²) in [5.41, 5.74) is 1.51. The van der Waals surface area contributed by atoms with Crippen molar-refractivity contribution >= 4 is 11.6 Å². The molecule has 0 unspecified atom stereocenters. The maximum atomic E-state index is 12.1. The van der Waals surface area contributed by atoms with Crippen LogP contribution in [0.5, 0.6) is 0 Å². The van der Waals surface area contributed by atoms with Crippen molar-refractivity contribution in [1.82, 2.24) is 0 Å². The van der Waals surface area contributed by atoms with E-state index in [0.717, 1.165) is 42.9 Å². The second-order valence-corrected chi connectivity index (χ2v) is 5.26. The third-order valence-electron chi connectivity index (χ3n) is 3.83. The van der Waals surface area contributed by atoms with Gasteiger partial charge in [-0.1, -0.05) is 25.1 Å². The first kappa shape index (κ1) is 13.1. The molecule has 0 saturated heterocycles. The third kappa shape index (κ3) is 3.10. The molecule has 1 aromatic rings. The first-order valence-corrected chi connectivity index (χ1v) is 6.70. The number of aliphatic hydroxyl groups is 1. The fraction of sp³-hybridized carbons (Fsp3) is 0.533. The molecule has 1 aromatic carbocycles. The molecule has 2 rings (SSSR count). The van der Waals surface area contributed by atoms with E-state index in [2.05, 4.69) is 12.2 Å². The second kappa shape index (κ2) is 6.01. The van der Waals surface area contributed by atoms with Crippen molar-refractivity contribution in [3.05, 3.63) is 29.8 Å². The molecule has 98 valence electrons. The predicted molar refractivity (Wildman–Crippen MR) is 72.1 cm³/mol. The molecule has 1 aliphatic carbocycles. The first-order chi connectivity index (χ1) is 8.70. The summed E-state index contributed by atoms with van der Waals surface area (Å²) in [4.78, 5) is 12.1. The van der Waals surface area contributed by atoms with E-state index in [1.54, 1.807) is 0 Å². The Kier molecular flexibility index (Phi) is 4.37. The molecule has 0 atom stereocenters. The maximum Gasteiger partial charge on any atom is 0.227 e. The molecule has 0 radical (unpaired) electrons. The molecule has 3 nitrogen and oxygen atoms in total. The molecule has 1 amide bonds. The standard InChI is InChI=1S/C15H21NO2/c1-11-6-8-12(9-7-11)15(18)16-14-5-3-2-4-13(14)10-17/h2-5,11-12,17H,6-10H2,1H3,(H,16,18). The number of hydrogen-bond donors (Lipinski definition) is 2. The molecule has 0 heterocycles. The quantitative estimate of drug-likeness (QED) is 0.862. The lowest BCUT2D eigenvalue weighted by atomic mass is 9.82. The van der Waals surface area contributed by atoms with Gasteiger partial charge in [0.05, 0.1) is 6.61 Å². The van der Waals surface area contributed by atoms with Crippen molar-refractivity contribution in [3.8, 4) is 0 Å². The zero-order valence-corrected chi connectivity index (χ0v) is 10.9. The van der Waals surface area contributed by atoms with Crippen LogP contribution in [0.15, 0.2) is 24.3 Å². The summed E-state index contributed by atoms with van der Waals surface area (Å²) in [6.45, 7) is 2.20. The average molecular weight is 247 g/mol. The Bertz CT molecular complexity index is 409. The van der Waals surface area contributed by atoms with Crippen molar-refractivity contribution in [3.63, 3.8) is 0 Å². The Morgan fingerprint density at radius 1 is 1.28 bits per heavy atom. The monoisotopic (exact) mass is 247 g/mol. The number of carbonyl (C=O) groups excluding carboxylic acids is 1. The molecule has 18 heavy (non-hydrogen) atoms. The number of rotatable bonds is 3. The first-order valence-electron chi connectivity index (χ1n) is 6.70. The van der Waals surface area contributed by atoms with Gasteiger partial charge in [0, 0.05) is 17.2 Å². The SMILES string of the molecule is CC1CCC(C(=O)Nc2ccccc2CO)CC1. The molecule has 1 aliphatic rings. The lowest BCUT2D eigenvalue weighted by Crippen LogP contribution is -2.27. The zero-order valence-electron chi connectivity index (χ0n) is 10.9. The summed E-state index contributed by atoms with van der Waals surface area (Å²) < 4.78 is 0. The van der Waals surface area contributed by atoms with Crippen molar-refractivity contribution in [2.24, 2.45) is 11.8 Å². The van der Waals surface area contributed by atoms with Gasteiger partial charge in [0.15, 0.2) is 0 Å². The normalized spacial score (nSPS) is 23.7. The minimum absolute atomic E-state index is 0.0435. The minimum atomic E-state index is -0.0435. The Balaban J connectivity index is 1.98. The molecule has 0 aromatic heterocycles. The van der Waals surface area contributed by atoms with Gasteiger partial charge >= 0.3 is 0 Å². The zero-order chi connectivity index (χ0) is 13.0. The van der Waals surface area contributed by atoms with Crippen LogP contribution in [0.2, 0.25) is 0 Å². The van der Waals surface area contributed by atoms with Gasteiger partial charge in [-0.25, -0.2) is 0 Å². The number of para-hydroxylation sites is 1. The number of carbonyl (C=O) groups is 1. The van der Waals surface area contributed by atoms with Gasteiger partial charge in [-0.15, -0.1) is 0 Å². The second-order valence-electron chi connectivity index (χ2n) is 5.26. The van der Waals surface area contributed by atoms with Crippen molar-refractivity contribution < 1.29 is 9.90 Å². The lowest BCUT2D eigenvalue weighted by molar-refractivity contribution is -0.121. The van der Waals surface area contributed by atoms with Crippen molar-refractivity contribution in [1.29, 1.82) is 0 Å². The van der Waals surface area contributed by atoms with Crippen LogP contribution in [0, 0.1) is 11.8 Å². The topological polar surface area (TPSA) is 49.3 Å². The van der Waals surface area contributed by atoms with Gasteiger partial charge in [0.25, 0.3) is 0 Å². The number of hydrogen-bond acceptors (Lipinski definition) is 2. The average Bonchev–Trinajstić information content (AvgIpc) is 2.40. The van der Waals surface area contributed by atoms with Gasteiger partial charge in [0.1, 0.15) is 0 Å². The molecular weight excluding hydrogens is 226 g/mol.